The number of benzene rings is 1. The van der Waals surface area contributed by atoms with Crippen LogP contribution in [0.1, 0.15) is 12.8 Å². The number of rotatable bonds is 11. The first-order valence-electron chi connectivity index (χ1n) is 7.20. The van der Waals surface area contributed by atoms with E-state index in [4.69, 9.17) is 18.3 Å². The minimum atomic E-state index is -2.44. The molecule has 0 spiro atoms. The van der Waals surface area contributed by atoms with E-state index in [1.165, 1.54) is 0 Å². The number of hydrogen-bond donors (Lipinski definition) is 1. The first-order valence-corrected chi connectivity index (χ1v) is 9.59. The third-order valence-electron chi connectivity index (χ3n) is 3.32. The predicted molar refractivity (Wildman–Crippen MR) is 86.6 cm³/mol. The Morgan fingerprint density at radius 1 is 1.05 bits per heavy atom. The Bertz CT molecular complexity index is 375. The Kier molecular flexibility index (Phi) is 8.56. The molecule has 0 heterocycles. The second-order valence-electron chi connectivity index (χ2n) is 4.87. The van der Waals surface area contributed by atoms with Crippen LogP contribution in [0.4, 0.5) is 5.69 Å². The van der Waals surface area contributed by atoms with E-state index in [2.05, 4.69) is 17.4 Å². The molecule has 120 valence electrons. The van der Waals surface area contributed by atoms with Crippen LogP contribution in [0.15, 0.2) is 30.3 Å². The minimum Gasteiger partial charge on any atom is -0.395 e. The zero-order valence-electron chi connectivity index (χ0n) is 13.4. The molecule has 1 atom stereocenters. The van der Waals surface area contributed by atoms with Crippen LogP contribution in [-0.2, 0) is 18.3 Å². The van der Waals surface area contributed by atoms with Crippen LogP contribution >= 0.6 is 0 Å². The van der Waals surface area contributed by atoms with Crippen LogP contribution < -0.4 is 5.32 Å². The molecule has 0 saturated carbocycles. The molecule has 0 aliphatic heterocycles. The zero-order valence-corrected chi connectivity index (χ0v) is 14.4. The Morgan fingerprint density at radius 2 is 1.71 bits per heavy atom. The third-order valence-corrected chi connectivity index (χ3v) is 6.24. The van der Waals surface area contributed by atoms with Crippen molar-refractivity contribution in [3.05, 3.63) is 30.3 Å². The highest BCUT2D eigenvalue weighted by Crippen LogP contribution is 2.15. The van der Waals surface area contributed by atoms with Crippen molar-refractivity contribution in [1.82, 2.24) is 0 Å². The molecule has 0 radical (unpaired) electrons. The second kappa shape index (κ2) is 9.91. The summed E-state index contributed by atoms with van der Waals surface area (Å²) in [5, 5.41) is 3.38. The van der Waals surface area contributed by atoms with Gasteiger partial charge in [-0.25, -0.2) is 0 Å². The number of methoxy groups -OCH3 is 2. The van der Waals surface area contributed by atoms with Gasteiger partial charge in [0.15, 0.2) is 5.91 Å². The lowest BCUT2D eigenvalue weighted by Crippen LogP contribution is -2.52. The SMILES string of the molecule is COC(OC)[Si](C)(OC)OCCCCNc1ccccc1. The molecular weight excluding hydrogens is 286 g/mol. The first kappa shape index (κ1) is 18.1. The lowest BCUT2D eigenvalue weighted by molar-refractivity contribution is -0.0788. The van der Waals surface area contributed by atoms with Gasteiger partial charge in [-0.05, 0) is 31.5 Å². The quantitative estimate of drug-likeness (QED) is 0.387. The third kappa shape index (κ3) is 6.15. The molecule has 5 nitrogen and oxygen atoms in total. The highest BCUT2D eigenvalue weighted by Gasteiger charge is 2.41. The van der Waals surface area contributed by atoms with Crippen LogP contribution in [0.25, 0.3) is 0 Å². The molecule has 1 N–H and O–H groups in total. The topological polar surface area (TPSA) is 49.0 Å². The van der Waals surface area contributed by atoms with E-state index in [0.29, 0.717) is 6.61 Å². The van der Waals surface area contributed by atoms with Gasteiger partial charge in [0.05, 0.1) is 0 Å². The largest absolute Gasteiger partial charge is 0.395 e. The van der Waals surface area contributed by atoms with E-state index in [1.54, 1.807) is 21.3 Å². The number of ether oxygens (including phenoxy) is 2. The summed E-state index contributed by atoms with van der Waals surface area (Å²) in [4.78, 5) is 0. The van der Waals surface area contributed by atoms with Gasteiger partial charge in [-0.1, -0.05) is 18.2 Å². The smallest absolute Gasteiger partial charge is 0.392 e. The van der Waals surface area contributed by atoms with E-state index >= 15 is 0 Å². The molecule has 1 aromatic carbocycles. The second-order valence-corrected chi connectivity index (χ2v) is 8.07. The van der Waals surface area contributed by atoms with Crippen LogP contribution in [0.2, 0.25) is 6.55 Å². The van der Waals surface area contributed by atoms with E-state index in [1.807, 2.05) is 24.7 Å². The number of hydrogen-bond acceptors (Lipinski definition) is 5. The fourth-order valence-electron chi connectivity index (χ4n) is 2.04. The highest BCUT2D eigenvalue weighted by atomic mass is 28.4. The Labute approximate surface area is 128 Å². The van der Waals surface area contributed by atoms with E-state index in [-0.39, 0.29) is 0 Å². The van der Waals surface area contributed by atoms with Crippen molar-refractivity contribution in [2.45, 2.75) is 25.3 Å². The lowest BCUT2D eigenvalue weighted by Gasteiger charge is -2.30. The summed E-state index contributed by atoms with van der Waals surface area (Å²) in [6, 6.07) is 10.2. The average Bonchev–Trinajstić information content (AvgIpc) is 2.53. The maximum absolute atomic E-state index is 5.91. The summed E-state index contributed by atoms with van der Waals surface area (Å²) in [6.07, 6.45) is 2.00. The summed E-state index contributed by atoms with van der Waals surface area (Å²) in [5.74, 6) is -0.412. The van der Waals surface area contributed by atoms with Gasteiger partial charge < -0.3 is 23.6 Å². The first-order chi connectivity index (χ1) is 10.2. The van der Waals surface area contributed by atoms with Crippen molar-refractivity contribution in [3.63, 3.8) is 0 Å². The molecule has 0 aliphatic rings. The molecule has 0 amide bonds. The zero-order chi connectivity index (χ0) is 15.6. The van der Waals surface area contributed by atoms with Crippen molar-refractivity contribution in [1.29, 1.82) is 0 Å². The fourth-order valence-corrected chi connectivity index (χ4v) is 3.89. The van der Waals surface area contributed by atoms with E-state index < -0.39 is 14.5 Å². The molecule has 0 bridgehead atoms. The van der Waals surface area contributed by atoms with Crippen molar-refractivity contribution >= 4 is 14.2 Å². The Morgan fingerprint density at radius 3 is 2.29 bits per heavy atom. The molecule has 0 fully saturated rings. The van der Waals surface area contributed by atoms with Gasteiger partial charge in [0.1, 0.15) is 0 Å². The van der Waals surface area contributed by atoms with Gasteiger partial charge in [-0.15, -0.1) is 0 Å². The summed E-state index contributed by atoms with van der Waals surface area (Å²) < 4.78 is 22.0. The van der Waals surface area contributed by atoms with Crippen LogP contribution in [0, 0.1) is 0 Å². The fraction of sp³-hybridized carbons (Fsp3) is 0.600. The molecule has 0 aromatic heterocycles. The molecule has 6 heteroatoms. The maximum Gasteiger partial charge on any atom is 0.392 e. The normalized spacial score (nSPS) is 14.1. The van der Waals surface area contributed by atoms with Gasteiger partial charge in [0.2, 0.25) is 0 Å². The number of para-hydroxylation sites is 1. The standard InChI is InChI=1S/C15H27NO4Si/c1-17-15(18-2)21(4,19-3)20-13-9-8-12-16-14-10-6-5-7-11-14/h5-7,10-11,15-16H,8-9,12-13H2,1-4H3. The van der Waals surface area contributed by atoms with Crippen molar-refractivity contribution in [3.8, 4) is 0 Å². The number of anilines is 1. The van der Waals surface area contributed by atoms with Gasteiger partial charge >= 0.3 is 8.56 Å². The Hall–Kier alpha value is -0.923. The van der Waals surface area contributed by atoms with Gasteiger partial charge in [-0.2, -0.15) is 0 Å². The number of unbranched alkanes of at least 4 members (excludes halogenated alkanes) is 1. The minimum absolute atomic E-state index is 0.412. The van der Waals surface area contributed by atoms with Gasteiger partial charge in [-0.3, -0.25) is 0 Å². The van der Waals surface area contributed by atoms with Gasteiger partial charge in [0.25, 0.3) is 0 Å². The lowest BCUT2D eigenvalue weighted by atomic mass is 10.3. The van der Waals surface area contributed by atoms with Gasteiger partial charge in [0, 0.05) is 40.2 Å². The summed E-state index contributed by atoms with van der Waals surface area (Å²) in [5.41, 5.74) is 1.15. The summed E-state index contributed by atoms with van der Waals surface area (Å²) in [7, 11) is 2.41. The molecule has 0 aliphatic carbocycles. The van der Waals surface area contributed by atoms with Crippen LogP contribution in [0.3, 0.4) is 0 Å². The van der Waals surface area contributed by atoms with Crippen molar-refractivity contribution in [2.75, 3.05) is 39.8 Å². The summed E-state index contributed by atoms with van der Waals surface area (Å²) in [6.45, 7) is 3.53. The molecular formula is C15H27NO4Si. The summed E-state index contributed by atoms with van der Waals surface area (Å²) >= 11 is 0. The molecule has 1 rings (SSSR count). The van der Waals surface area contributed by atoms with Crippen LogP contribution in [-0.4, -0.2) is 49.0 Å². The highest BCUT2D eigenvalue weighted by molar-refractivity contribution is 6.66. The van der Waals surface area contributed by atoms with Crippen molar-refractivity contribution in [2.24, 2.45) is 0 Å². The molecule has 1 aromatic rings. The number of nitrogens with one attached hydrogen (secondary N) is 1. The Balaban J connectivity index is 2.20. The average molecular weight is 313 g/mol. The predicted octanol–water partition coefficient (Wildman–Crippen LogP) is 2.77. The van der Waals surface area contributed by atoms with Crippen molar-refractivity contribution < 1.29 is 18.3 Å². The monoisotopic (exact) mass is 313 g/mol. The molecule has 1 unspecified atom stereocenters. The maximum atomic E-state index is 5.91. The molecule has 21 heavy (non-hydrogen) atoms. The van der Waals surface area contributed by atoms with E-state index in [9.17, 15) is 0 Å². The van der Waals surface area contributed by atoms with E-state index in [0.717, 1.165) is 25.1 Å². The molecule has 0 saturated heterocycles. The van der Waals surface area contributed by atoms with Crippen LogP contribution in [0.5, 0.6) is 0 Å².